The summed E-state index contributed by atoms with van der Waals surface area (Å²) in [5, 5.41) is 12.2. The van der Waals surface area contributed by atoms with E-state index in [1.54, 1.807) is 24.3 Å². The first-order chi connectivity index (χ1) is 14.4. The summed E-state index contributed by atoms with van der Waals surface area (Å²) < 4.78 is 0. The molecule has 30 heavy (non-hydrogen) atoms. The van der Waals surface area contributed by atoms with Crippen molar-refractivity contribution < 1.29 is 14.7 Å². The highest BCUT2D eigenvalue weighted by molar-refractivity contribution is 5.91. The lowest BCUT2D eigenvalue weighted by Gasteiger charge is -2.33. The maximum Gasteiger partial charge on any atom is 0.335 e. The Balaban J connectivity index is 2.13. The van der Waals surface area contributed by atoms with Crippen LogP contribution in [0.25, 0.3) is 0 Å². The molecular weight excluding hydrogens is 378 g/mol. The summed E-state index contributed by atoms with van der Waals surface area (Å²) in [5.41, 5.74) is 4.07. The number of amides is 1. The first-order valence-electron chi connectivity index (χ1n) is 10.6. The Morgan fingerprint density at radius 3 is 2.30 bits per heavy atom. The Bertz CT molecular complexity index is 887. The maximum atomic E-state index is 13.2. The van der Waals surface area contributed by atoms with E-state index in [1.807, 2.05) is 25.9 Å². The number of piperidine rings is 1. The van der Waals surface area contributed by atoms with Gasteiger partial charge in [0.25, 0.3) is 0 Å². The minimum atomic E-state index is -0.972. The lowest BCUT2D eigenvalue weighted by molar-refractivity contribution is -0.121. The number of carbonyl (C=O) groups is 2. The van der Waals surface area contributed by atoms with E-state index in [1.165, 1.54) is 6.42 Å². The Morgan fingerprint density at radius 1 is 1.07 bits per heavy atom. The molecule has 1 aliphatic heterocycles. The van der Waals surface area contributed by atoms with Crippen LogP contribution in [0, 0.1) is 0 Å². The quantitative estimate of drug-likeness (QED) is 0.729. The summed E-state index contributed by atoms with van der Waals surface area (Å²) in [4.78, 5) is 28.9. The molecule has 1 fully saturated rings. The van der Waals surface area contributed by atoms with Gasteiger partial charge in [-0.15, -0.1) is 0 Å². The van der Waals surface area contributed by atoms with Crippen LogP contribution in [-0.2, 0) is 4.79 Å². The molecule has 1 amide bonds. The van der Waals surface area contributed by atoms with Gasteiger partial charge in [0.1, 0.15) is 0 Å². The van der Waals surface area contributed by atoms with E-state index in [2.05, 4.69) is 28.4 Å². The summed E-state index contributed by atoms with van der Waals surface area (Å²) in [6.45, 7) is 4.40. The predicted octanol–water partition coefficient (Wildman–Crippen LogP) is 3.71. The number of carboxylic acids is 1. The van der Waals surface area contributed by atoms with Gasteiger partial charge in [0.15, 0.2) is 0 Å². The van der Waals surface area contributed by atoms with Crippen LogP contribution in [-0.4, -0.2) is 50.7 Å². The number of benzene rings is 2. The molecule has 0 aromatic heterocycles. The second-order valence-corrected chi connectivity index (χ2v) is 7.94. The molecule has 2 aromatic rings. The molecule has 1 aliphatic rings. The summed E-state index contributed by atoms with van der Waals surface area (Å²) in [6.07, 6.45) is 3.53. The van der Waals surface area contributed by atoms with E-state index < -0.39 is 11.9 Å². The van der Waals surface area contributed by atoms with Crippen molar-refractivity contribution >= 4 is 23.3 Å². The van der Waals surface area contributed by atoms with Gasteiger partial charge < -0.3 is 20.2 Å². The van der Waals surface area contributed by atoms with Gasteiger partial charge in [0.2, 0.25) is 5.91 Å². The van der Waals surface area contributed by atoms with Crippen molar-refractivity contribution in [2.75, 3.05) is 43.5 Å². The van der Waals surface area contributed by atoms with Gasteiger partial charge in [-0.2, -0.15) is 0 Å². The Kier molecular flexibility index (Phi) is 6.98. The second-order valence-electron chi connectivity index (χ2n) is 7.94. The SMILES string of the molecule is CCNC(=O)C(c1ccc(C(=O)O)cc1)c1cc(N(C)C)ccc1N1CCCCC1. The summed E-state index contributed by atoms with van der Waals surface area (Å²) in [6, 6.07) is 13.0. The normalized spacial score (nSPS) is 14.8. The van der Waals surface area contributed by atoms with Crippen molar-refractivity contribution in [2.24, 2.45) is 0 Å². The predicted molar refractivity (Wildman–Crippen MR) is 121 cm³/mol. The molecule has 1 unspecified atom stereocenters. The van der Waals surface area contributed by atoms with Crippen LogP contribution in [0.4, 0.5) is 11.4 Å². The summed E-state index contributed by atoms with van der Waals surface area (Å²) in [7, 11) is 3.98. The first kappa shape index (κ1) is 21.7. The molecule has 0 aliphatic carbocycles. The monoisotopic (exact) mass is 409 g/mol. The van der Waals surface area contributed by atoms with E-state index in [4.69, 9.17) is 0 Å². The molecule has 6 nitrogen and oxygen atoms in total. The summed E-state index contributed by atoms with van der Waals surface area (Å²) >= 11 is 0. The van der Waals surface area contributed by atoms with Crippen molar-refractivity contribution in [1.82, 2.24) is 5.32 Å². The lowest BCUT2D eigenvalue weighted by atomic mass is 9.87. The Hall–Kier alpha value is -3.02. The molecule has 6 heteroatoms. The number of hydrogen-bond donors (Lipinski definition) is 2. The standard InChI is InChI=1S/C24H31N3O3/c1-4-25-23(28)22(17-8-10-18(11-9-17)24(29)30)20-16-19(26(2)3)12-13-21(20)27-14-6-5-7-15-27/h8-13,16,22H,4-7,14-15H2,1-3H3,(H,25,28)(H,29,30). The number of hydrogen-bond acceptors (Lipinski definition) is 4. The van der Waals surface area contributed by atoms with Gasteiger partial charge in [-0.05, 0) is 67.6 Å². The highest BCUT2D eigenvalue weighted by atomic mass is 16.4. The fourth-order valence-electron chi connectivity index (χ4n) is 4.04. The van der Waals surface area contributed by atoms with E-state index >= 15 is 0 Å². The smallest absolute Gasteiger partial charge is 0.335 e. The first-order valence-corrected chi connectivity index (χ1v) is 10.6. The van der Waals surface area contributed by atoms with Crippen LogP contribution in [0.3, 0.4) is 0 Å². The second kappa shape index (κ2) is 9.65. The highest BCUT2D eigenvalue weighted by Gasteiger charge is 2.28. The van der Waals surface area contributed by atoms with Gasteiger partial charge in [-0.3, -0.25) is 4.79 Å². The topological polar surface area (TPSA) is 72.9 Å². The molecule has 1 atom stereocenters. The van der Waals surface area contributed by atoms with Crippen molar-refractivity contribution in [3.8, 4) is 0 Å². The van der Waals surface area contributed by atoms with Crippen LogP contribution >= 0.6 is 0 Å². The van der Waals surface area contributed by atoms with Gasteiger partial charge >= 0.3 is 5.97 Å². The average molecular weight is 410 g/mol. The minimum Gasteiger partial charge on any atom is -0.478 e. The lowest BCUT2D eigenvalue weighted by Crippen LogP contribution is -2.34. The minimum absolute atomic E-state index is 0.0743. The number of nitrogens with one attached hydrogen (secondary N) is 1. The van der Waals surface area contributed by atoms with Crippen LogP contribution in [0.1, 0.15) is 53.6 Å². The Morgan fingerprint density at radius 2 is 1.73 bits per heavy atom. The van der Waals surface area contributed by atoms with E-state index in [9.17, 15) is 14.7 Å². The van der Waals surface area contributed by atoms with Crippen molar-refractivity contribution in [3.05, 3.63) is 59.2 Å². The van der Waals surface area contributed by atoms with Crippen LogP contribution in [0.5, 0.6) is 0 Å². The third-order valence-corrected chi connectivity index (χ3v) is 5.64. The molecule has 3 rings (SSSR count). The van der Waals surface area contributed by atoms with E-state index in [-0.39, 0.29) is 11.5 Å². The maximum absolute atomic E-state index is 13.2. The number of likely N-dealkylation sites (N-methyl/N-ethyl adjacent to an activating group) is 1. The zero-order valence-corrected chi connectivity index (χ0v) is 18.0. The number of carbonyl (C=O) groups excluding carboxylic acids is 1. The van der Waals surface area contributed by atoms with Gasteiger partial charge in [-0.25, -0.2) is 4.79 Å². The van der Waals surface area contributed by atoms with Crippen molar-refractivity contribution in [1.29, 1.82) is 0 Å². The molecule has 0 saturated carbocycles. The number of aromatic carboxylic acids is 1. The molecule has 0 spiro atoms. The summed E-state index contributed by atoms with van der Waals surface area (Å²) in [5.74, 6) is -1.56. The van der Waals surface area contributed by atoms with Crippen LogP contribution in [0.2, 0.25) is 0 Å². The average Bonchev–Trinajstić information content (AvgIpc) is 2.75. The molecule has 160 valence electrons. The third kappa shape index (κ3) is 4.75. The molecular formula is C24H31N3O3. The molecule has 0 radical (unpaired) electrons. The third-order valence-electron chi connectivity index (χ3n) is 5.64. The molecule has 2 aromatic carbocycles. The number of anilines is 2. The fourth-order valence-corrected chi connectivity index (χ4v) is 4.04. The zero-order valence-electron chi connectivity index (χ0n) is 18.0. The molecule has 2 N–H and O–H groups in total. The molecule has 1 heterocycles. The van der Waals surface area contributed by atoms with Gasteiger partial charge in [0, 0.05) is 45.1 Å². The zero-order chi connectivity index (χ0) is 21.7. The number of nitrogens with zero attached hydrogens (tertiary/aromatic N) is 2. The molecule has 0 bridgehead atoms. The largest absolute Gasteiger partial charge is 0.478 e. The highest BCUT2D eigenvalue weighted by Crippen LogP contribution is 2.37. The van der Waals surface area contributed by atoms with Crippen molar-refractivity contribution in [2.45, 2.75) is 32.1 Å². The van der Waals surface area contributed by atoms with E-state index in [0.29, 0.717) is 6.54 Å². The fraction of sp³-hybridized carbons (Fsp3) is 0.417. The molecule has 1 saturated heterocycles. The number of rotatable bonds is 7. The van der Waals surface area contributed by atoms with Gasteiger partial charge in [-0.1, -0.05) is 12.1 Å². The van der Waals surface area contributed by atoms with Crippen LogP contribution < -0.4 is 15.1 Å². The van der Waals surface area contributed by atoms with Crippen molar-refractivity contribution in [3.63, 3.8) is 0 Å². The van der Waals surface area contributed by atoms with E-state index in [0.717, 1.165) is 48.4 Å². The van der Waals surface area contributed by atoms with Gasteiger partial charge in [0.05, 0.1) is 11.5 Å². The number of carboxylic acid groups (broad SMARTS) is 1. The van der Waals surface area contributed by atoms with Crippen LogP contribution in [0.15, 0.2) is 42.5 Å². The Labute approximate surface area is 178 Å².